The number of guanidine groups is 2. The highest BCUT2D eigenvalue weighted by molar-refractivity contribution is 5.99. The number of aromatic nitrogens is 2. The largest absolute Gasteiger partial charge is 0.480 e. The number of H-pyrrole nitrogens is 2. The number of carboxylic acids is 1. The average molecular weight is 1380 g/mol. The van der Waals surface area contributed by atoms with Crippen LogP contribution in [0.1, 0.15) is 130 Å². The highest BCUT2D eigenvalue weighted by Gasteiger charge is 2.36. The number of para-hydroxylation sites is 2. The number of benzene rings is 2. The first-order valence-electron chi connectivity index (χ1n) is 33.7. The van der Waals surface area contributed by atoms with E-state index < -0.39 is 138 Å². The molecule has 2 aromatic heterocycles. The summed E-state index contributed by atoms with van der Waals surface area (Å²) in [7, 11) is 0. The molecule has 0 fully saturated rings. The molecule has 0 spiro atoms. The third-order valence-electron chi connectivity index (χ3n) is 16.6. The zero-order chi connectivity index (χ0) is 73.3. The van der Waals surface area contributed by atoms with Crippen LogP contribution in [0, 0.1) is 11.8 Å². The van der Waals surface area contributed by atoms with Gasteiger partial charge in [-0.15, -0.1) is 0 Å². The average Bonchev–Trinajstić information content (AvgIpc) is 1.72. The molecule has 0 radical (unpaired) electrons. The van der Waals surface area contributed by atoms with E-state index in [1.807, 2.05) is 42.5 Å². The Hall–Kier alpha value is -9.89. The number of aliphatic carboxylic acids is 1. The summed E-state index contributed by atoms with van der Waals surface area (Å²) in [5.74, 6) is -10.3. The molecule has 2 heterocycles. The number of nitrogens with zero attached hydrogens (tertiary/aromatic N) is 2. The fourth-order valence-electron chi connectivity index (χ4n) is 10.8. The van der Waals surface area contributed by atoms with Gasteiger partial charge in [-0.1, -0.05) is 70.5 Å². The number of nitrogens with two attached hydrogens (primary N) is 7. The Balaban J connectivity index is 1.51. The molecular formula is C66H105N21O12. The highest BCUT2D eigenvalue weighted by atomic mass is 16.4. The van der Waals surface area contributed by atoms with Gasteiger partial charge in [0.05, 0.1) is 12.6 Å². The van der Waals surface area contributed by atoms with Gasteiger partial charge in [0.15, 0.2) is 11.9 Å². The summed E-state index contributed by atoms with van der Waals surface area (Å²) in [4.78, 5) is 167. The molecule has 0 bridgehead atoms. The second kappa shape index (κ2) is 42.0. The Morgan fingerprint density at radius 3 is 1.35 bits per heavy atom. The first-order chi connectivity index (χ1) is 47.1. The van der Waals surface area contributed by atoms with Gasteiger partial charge in [-0.05, 0) is 139 Å². The number of rotatable bonds is 45. The summed E-state index contributed by atoms with van der Waals surface area (Å²) in [6.45, 7) is 9.81. The number of hydrogen-bond donors (Lipinski definition) is 20. The number of carbonyl (C=O) groups is 11. The Morgan fingerprint density at radius 1 is 0.475 bits per heavy atom. The van der Waals surface area contributed by atoms with Gasteiger partial charge in [0.2, 0.25) is 59.1 Å². The Bertz CT molecular complexity index is 3400. The van der Waals surface area contributed by atoms with E-state index in [1.54, 1.807) is 46.2 Å². The predicted octanol–water partition coefficient (Wildman–Crippen LogP) is -2.18. The zero-order valence-electron chi connectivity index (χ0n) is 57.5. The van der Waals surface area contributed by atoms with Crippen molar-refractivity contribution in [1.29, 1.82) is 0 Å². The maximum atomic E-state index is 14.6. The molecule has 0 saturated heterocycles. The molecule has 0 aliphatic heterocycles. The molecule has 0 unspecified atom stereocenters. The van der Waals surface area contributed by atoms with Crippen LogP contribution in [0.2, 0.25) is 0 Å². The Labute approximate surface area is 576 Å². The van der Waals surface area contributed by atoms with Crippen molar-refractivity contribution >= 4 is 98.8 Å². The van der Waals surface area contributed by atoms with E-state index in [0.717, 1.165) is 27.4 Å². The lowest BCUT2D eigenvalue weighted by atomic mass is 9.97. The quantitative estimate of drug-likeness (QED) is 0.0127. The first-order valence-corrected chi connectivity index (χ1v) is 33.7. The van der Waals surface area contributed by atoms with Crippen molar-refractivity contribution in [3.05, 3.63) is 72.1 Å². The molecule has 10 amide bonds. The lowest BCUT2D eigenvalue weighted by Gasteiger charge is -2.28. The summed E-state index contributed by atoms with van der Waals surface area (Å²) in [6, 6.07) is 2.16. The van der Waals surface area contributed by atoms with Gasteiger partial charge >= 0.3 is 5.97 Å². The molecular weight excluding hydrogens is 1280 g/mol. The molecule has 4 rings (SSSR count). The number of carbonyl (C=O) groups excluding carboxylic acids is 10. The number of hydrogen-bond acceptors (Lipinski definition) is 16. The molecule has 2 aromatic carbocycles. The number of fused-ring (bicyclic) bond motifs is 2. The molecule has 546 valence electrons. The second-order valence-electron chi connectivity index (χ2n) is 25.1. The maximum Gasteiger partial charge on any atom is 0.326 e. The lowest BCUT2D eigenvalue weighted by Crippen LogP contribution is -2.60. The van der Waals surface area contributed by atoms with Crippen molar-refractivity contribution in [1.82, 2.24) is 63.1 Å². The van der Waals surface area contributed by atoms with Gasteiger partial charge in [-0.3, -0.25) is 57.9 Å². The van der Waals surface area contributed by atoms with Crippen LogP contribution in [-0.4, -0.2) is 185 Å². The monoisotopic (exact) mass is 1380 g/mol. The van der Waals surface area contributed by atoms with Crippen LogP contribution < -0.4 is 93.3 Å². The zero-order valence-corrected chi connectivity index (χ0v) is 57.5. The third-order valence-corrected chi connectivity index (χ3v) is 16.6. The SMILES string of the molecule is CC[C@H](C)[C@H](NC(=O)[C@H](Cc1c[nH]c2ccccc12)NC(=O)[C@H](C)NC(=O)[C@H](C)NC(=O)[C@@H](N)Cc1c[nH]c2ccccc12)C(=O)NCC(=O)N[C@@H](CC(C)C)C(=O)N[C@@H](CCCN=C(N)N)C(=O)N[C@@H](CCCN=C(N)N)C(=O)N[C@@H](CCCCN)C(=O)N[C@@H](CCCCN)C(=O)O. The van der Waals surface area contributed by atoms with E-state index >= 15 is 0 Å². The van der Waals surface area contributed by atoms with Crippen molar-refractivity contribution in [3.8, 4) is 0 Å². The van der Waals surface area contributed by atoms with Crippen molar-refractivity contribution < 1.29 is 57.8 Å². The fourth-order valence-corrected chi connectivity index (χ4v) is 10.8. The smallest absolute Gasteiger partial charge is 0.326 e. The van der Waals surface area contributed by atoms with E-state index in [0.29, 0.717) is 44.2 Å². The van der Waals surface area contributed by atoms with Crippen LogP contribution in [-0.2, 0) is 65.6 Å². The first kappa shape index (κ1) is 81.5. The molecule has 27 N–H and O–H groups in total. The summed E-state index contributed by atoms with van der Waals surface area (Å²) in [5, 5.41) is 38.0. The molecule has 33 heteroatoms. The van der Waals surface area contributed by atoms with Gasteiger partial charge in [0.25, 0.3) is 0 Å². The lowest BCUT2D eigenvalue weighted by molar-refractivity contribution is -0.142. The van der Waals surface area contributed by atoms with Crippen LogP contribution in [0.4, 0.5) is 0 Å². The van der Waals surface area contributed by atoms with Crippen LogP contribution in [0.3, 0.4) is 0 Å². The van der Waals surface area contributed by atoms with Gasteiger partial charge in [-0.2, -0.15) is 0 Å². The highest BCUT2D eigenvalue weighted by Crippen LogP contribution is 2.22. The van der Waals surface area contributed by atoms with Crippen LogP contribution in [0.25, 0.3) is 21.8 Å². The van der Waals surface area contributed by atoms with E-state index in [9.17, 15) is 57.8 Å². The van der Waals surface area contributed by atoms with E-state index in [-0.39, 0.29) is 95.3 Å². The molecule has 4 aromatic rings. The van der Waals surface area contributed by atoms with Gasteiger partial charge < -0.3 is 108 Å². The minimum absolute atomic E-state index is 0.0177. The van der Waals surface area contributed by atoms with Crippen LogP contribution in [0.5, 0.6) is 0 Å². The summed E-state index contributed by atoms with van der Waals surface area (Å²) >= 11 is 0. The molecule has 0 aliphatic rings. The minimum atomic E-state index is -1.40. The van der Waals surface area contributed by atoms with Gasteiger partial charge in [-0.25, -0.2) is 4.79 Å². The predicted molar refractivity (Wildman–Crippen MR) is 376 cm³/mol. The number of aromatic amines is 2. The number of aliphatic imine (C=N–C) groups is 2. The van der Waals surface area contributed by atoms with E-state index in [1.165, 1.54) is 13.8 Å². The molecule has 99 heavy (non-hydrogen) atoms. The van der Waals surface area contributed by atoms with Crippen molar-refractivity contribution in [3.63, 3.8) is 0 Å². The maximum absolute atomic E-state index is 14.6. The third kappa shape index (κ3) is 27.9. The summed E-state index contributed by atoms with van der Waals surface area (Å²) < 4.78 is 0. The van der Waals surface area contributed by atoms with Gasteiger partial charge in [0, 0.05) is 53.7 Å². The Kier molecular flexibility index (Phi) is 34.6. The topological polar surface area (TPSA) is 567 Å². The van der Waals surface area contributed by atoms with Crippen molar-refractivity contribution in [2.75, 3.05) is 32.7 Å². The molecule has 33 nitrogen and oxygen atoms in total. The van der Waals surface area contributed by atoms with Crippen molar-refractivity contribution in [2.45, 2.75) is 192 Å². The van der Waals surface area contributed by atoms with E-state index in [2.05, 4.69) is 73.1 Å². The normalized spacial score (nSPS) is 14.6. The number of amides is 10. The molecule has 0 aliphatic carbocycles. The summed E-state index contributed by atoms with van der Waals surface area (Å²) in [5.41, 5.74) is 42.9. The van der Waals surface area contributed by atoms with Crippen molar-refractivity contribution in [2.24, 2.45) is 62.0 Å². The van der Waals surface area contributed by atoms with E-state index in [4.69, 9.17) is 40.1 Å². The number of unbranched alkanes of at least 4 members (excludes halogenated alkanes) is 2. The molecule has 0 saturated carbocycles. The summed E-state index contributed by atoms with van der Waals surface area (Å²) in [6.07, 6.45) is 5.88. The number of carboxylic acid groups (broad SMARTS) is 1. The van der Waals surface area contributed by atoms with Gasteiger partial charge in [0.1, 0.15) is 54.4 Å². The number of nitrogens with one attached hydrogen (secondary N) is 12. The molecule has 11 atom stereocenters. The second-order valence-corrected chi connectivity index (χ2v) is 25.1. The fraction of sp³-hybridized carbons (Fsp3) is 0.561. The Morgan fingerprint density at radius 2 is 0.889 bits per heavy atom. The standard InChI is InChI=1S/C66H105N21O12/c1-7-37(4)54(87-62(96)52(32-41-34-77-46-21-11-9-19-43(41)46)86-56(90)39(6)79-55(89)38(5)80-57(91)44(69)31-40-33-76-45-20-10-8-18-42(40)45)63(97)78-35-53(88)81-51(30-36(2)3)61(95)84-49(25-17-29-75-66(72)73)59(93)83-48(24-16-28-74-65(70)71)58(92)82-47(22-12-14-26-67)60(94)85-50(64(98)99)23-13-15-27-68/h8-11,18-21,33-34,36-39,44,47-52,54,76-77H,7,12-17,22-32,35,67-69H2,1-6H3,(H,78,97)(H,79,89)(H,80,91)(H,81,88)(H,82,92)(H,83,93)(H,84,95)(H,85,94)(H,86,90)(H,87,96)(H,98,99)(H4,70,71,74)(H4,72,73,75)/t37-,38-,39-,44-,47-,48-,49-,50-,51-,52-,54-/m0/s1. The van der Waals surface area contributed by atoms with Crippen LogP contribution >= 0.6 is 0 Å². The van der Waals surface area contributed by atoms with Crippen LogP contribution in [0.15, 0.2) is 70.9 Å². The minimum Gasteiger partial charge on any atom is -0.480 e.